The van der Waals surface area contributed by atoms with Crippen molar-refractivity contribution in [1.29, 1.82) is 0 Å². The van der Waals surface area contributed by atoms with Crippen LogP contribution in [0.4, 0.5) is 5.82 Å². The van der Waals surface area contributed by atoms with E-state index in [2.05, 4.69) is 28.9 Å². The number of rotatable bonds is 3. The number of nitrogen functional groups attached to an aromatic ring is 1. The van der Waals surface area contributed by atoms with Crippen LogP contribution < -0.4 is 11.5 Å². The summed E-state index contributed by atoms with van der Waals surface area (Å²) < 4.78 is 0. The fourth-order valence-corrected chi connectivity index (χ4v) is 2.54. The Hall–Kier alpha value is -1.17. The number of hydrogen-bond acceptors (Lipinski definition) is 5. The summed E-state index contributed by atoms with van der Waals surface area (Å²) in [6, 6.07) is 4.42. The molecule has 0 bridgehead atoms. The van der Waals surface area contributed by atoms with Crippen molar-refractivity contribution < 1.29 is 0 Å². The molecule has 2 unspecified atom stereocenters. The maximum Gasteiger partial charge on any atom is 0.123 e. The second kappa shape index (κ2) is 5.65. The van der Waals surface area contributed by atoms with E-state index < -0.39 is 0 Å². The topological polar surface area (TPSA) is 71.4 Å². The van der Waals surface area contributed by atoms with E-state index >= 15 is 0 Å². The zero-order valence-electron chi connectivity index (χ0n) is 11.2. The molecule has 1 aliphatic rings. The second-order valence-electron chi connectivity index (χ2n) is 5.27. The fraction of sp³-hybridized carbons (Fsp3) is 0.615. The molecule has 2 rings (SSSR count). The summed E-state index contributed by atoms with van der Waals surface area (Å²) in [5.74, 6) is 0.564. The number of nitrogens with zero attached hydrogens (tertiary/aromatic N) is 3. The molecule has 0 saturated carbocycles. The molecule has 2 atom stereocenters. The Morgan fingerprint density at radius 2 is 2.22 bits per heavy atom. The van der Waals surface area contributed by atoms with Crippen LogP contribution in [0, 0.1) is 0 Å². The van der Waals surface area contributed by atoms with E-state index in [1.54, 1.807) is 6.20 Å². The zero-order chi connectivity index (χ0) is 13.1. The van der Waals surface area contributed by atoms with Crippen molar-refractivity contribution in [1.82, 2.24) is 14.8 Å². The lowest BCUT2D eigenvalue weighted by Crippen LogP contribution is -2.58. The maximum absolute atomic E-state index is 6.35. The maximum atomic E-state index is 6.35. The van der Waals surface area contributed by atoms with Gasteiger partial charge < -0.3 is 16.4 Å². The van der Waals surface area contributed by atoms with Crippen molar-refractivity contribution in [3.8, 4) is 0 Å². The second-order valence-corrected chi connectivity index (χ2v) is 5.27. The first-order valence-corrected chi connectivity index (χ1v) is 6.41. The monoisotopic (exact) mass is 249 g/mol. The zero-order valence-corrected chi connectivity index (χ0v) is 11.2. The third kappa shape index (κ3) is 3.19. The van der Waals surface area contributed by atoms with Crippen LogP contribution in [0.2, 0.25) is 0 Å². The quantitative estimate of drug-likeness (QED) is 0.775. The third-order valence-electron chi connectivity index (χ3n) is 3.71. The fourth-order valence-electron chi connectivity index (χ4n) is 2.54. The summed E-state index contributed by atoms with van der Waals surface area (Å²) in [5, 5.41) is 0. The summed E-state index contributed by atoms with van der Waals surface area (Å²) >= 11 is 0. The molecule has 0 amide bonds. The standard InChI is InChI=1S/C13H23N5/c1-17-5-6-18(2)12(9-17)11(14)7-10-3-4-16-13(15)8-10/h3-4,8,11-12H,5-7,9,14H2,1-2H3,(H2,15,16). The Morgan fingerprint density at radius 3 is 2.94 bits per heavy atom. The number of likely N-dealkylation sites (N-methyl/N-ethyl adjacent to an activating group) is 2. The molecule has 100 valence electrons. The Bertz CT molecular complexity index is 395. The Labute approximate surface area is 109 Å². The summed E-state index contributed by atoms with van der Waals surface area (Å²) in [5.41, 5.74) is 13.2. The van der Waals surface area contributed by atoms with Gasteiger partial charge in [0.05, 0.1) is 0 Å². The van der Waals surface area contributed by atoms with Crippen molar-refractivity contribution >= 4 is 5.82 Å². The molecule has 1 aromatic heterocycles. The highest BCUT2D eigenvalue weighted by Gasteiger charge is 2.27. The number of piperazine rings is 1. The minimum Gasteiger partial charge on any atom is -0.384 e. The first kappa shape index (κ1) is 13.3. The molecule has 0 radical (unpaired) electrons. The van der Waals surface area contributed by atoms with Gasteiger partial charge >= 0.3 is 0 Å². The van der Waals surface area contributed by atoms with E-state index in [9.17, 15) is 0 Å². The Morgan fingerprint density at radius 1 is 1.44 bits per heavy atom. The molecule has 5 heteroatoms. The van der Waals surface area contributed by atoms with Crippen molar-refractivity contribution in [2.75, 3.05) is 39.5 Å². The summed E-state index contributed by atoms with van der Waals surface area (Å²) in [4.78, 5) is 8.70. The molecule has 5 nitrogen and oxygen atoms in total. The SMILES string of the molecule is CN1CCN(C)C(C(N)Cc2ccnc(N)c2)C1. The molecule has 0 aromatic carbocycles. The normalized spacial score (nSPS) is 24.1. The first-order chi connectivity index (χ1) is 8.56. The average Bonchev–Trinajstić information content (AvgIpc) is 2.32. The lowest BCUT2D eigenvalue weighted by Gasteiger charge is -2.40. The van der Waals surface area contributed by atoms with Crippen LogP contribution in [0.5, 0.6) is 0 Å². The van der Waals surface area contributed by atoms with E-state index in [0.717, 1.165) is 31.6 Å². The molecular formula is C13H23N5. The number of aromatic nitrogens is 1. The summed E-state index contributed by atoms with van der Waals surface area (Å²) in [6.07, 6.45) is 2.59. The van der Waals surface area contributed by atoms with E-state index in [-0.39, 0.29) is 6.04 Å². The van der Waals surface area contributed by atoms with Crippen LogP contribution in [-0.4, -0.2) is 60.6 Å². The van der Waals surface area contributed by atoms with Crippen LogP contribution in [0.15, 0.2) is 18.3 Å². The van der Waals surface area contributed by atoms with E-state index in [4.69, 9.17) is 11.5 Å². The number of anilines is 1. The molecule has 2 heterocycles. The van der Waals surface area contributed by atoms with Crippen molar-refractivity contribution in [3.05, 3.63) is 23.9 Å². The van der Waals surface area contributed by atoms with E-state index in [1.807, 2.05) is 12.1 Å². The molecule has 0 spiro atoms. The van der Waals surface area contributed by atoms with Gasteiger partial charge in [0.2, 0.25) is 0 Å². The number of nitrogens with two attached hydrogens (primary N) is 2. The Kier molecular flexibility index (Phi) is 4.16. The molecule has 4 N–H and O–H groups in total. The number of pyridine rings is 1. The van der Waals surface area contributed by atoms with Gasteiger partial charge in [0.15, 0.2) is 0 Å². The van der Waals surface area contributed by atoms with Gasteiger partial charge in [0, 0.05) is 37.9 Å². The summed E-state index contributed by atoms with van der Waals surface area (Å²) in [7, 11) is 4.30. The molecule has 1 fully saturated rings. The average molecular weight is 249 g/mol. The highest BCUT2D eigenvalue weighted by atomic mass is 15.3. The molecule has 1 aliphatic heterocycles. The van der Waals surface area contributed by atoms with Gasteiger partial charge in [0.1, 0.15) is 5.82 Å². The first-order valence-electron chi connectivity index (χ1n) is 6.41. The largest absolute Gasteiger partial charge is 0.384 e. The van der Waals surface area contributed by atoms with Crippen LogP contribution in [0.1, 0.15) is 5.56 Å². The van der Waals surface area contributed by atoms with Gasteiger partial charge in [0.25, 0.3) is 0 Å². The highest BCUT2D eigenvalue weighted by molar-refractivity contribution is 5.32. The van der Waals surface area contributed by atoms with Crippen molar-refractivity contribution in [3.63, 3.8) is 0 Å². The van der Waals surface area contributed by atoms with Gasteiger partial charge in [-0.05, 0) is 38.2 Å². The number of hydrogen-bond donors (Lipinski definition) is 2. The molecule has 1 aromatic rings. The smallest absolute Gasteiger partial charge is 0.123 e. The molecule has 18 heavy (non-hydrogen) atoms. The lowest BCUT2D eigenvalue weighted by atomic mass is 9.98. The van der Waals surface area contributed by atoms with Gasteiger partial charge in [-0.25, -0.2) is 4.98 Å². The van der Waals surface area contributed by atoms with Gasteiger partial charge in [-0.1, -0.05) is 0 Å². The minimum atomic E-state index is 0.125. The molecular weight excluding hydrogens is 226 g/mol. The van der Waals surface area contributed by atoms with Gasteiger partial charge in [-0.2, -0.15) is 0 Å². The van der Waals surface area contributed by atoms with Gasteiger partial charge in [-0.3, -0.25) is 4.90 Å². The predicted molar refractivity (Wildman–Crippen MR) is 74.2 cm³/mol. The minimum absolute atomic E-state index is 0.125. The molecule has 0 aliphatic carbocycles. The van der Waals surface area contributed by atoms with Gasteiger partial charge in [-0.15, -0.1) is 0 Å². The van der Waals surface area contributed by atoms with Crippen LogP contribution in [0.3, 0.4) is 0 Å². The van der Waals surface area contributed by atoms with Crippen molar-refractivity contribution in [2.24, 2.45) is 5.73 Å². The molecule has 1 saturated heterocycles. The third-order valence-corrected chi connectivity index (χ3v) is 3.71. The predicted octanol–water partition coefficient (Wildman–Crippen LogP) is -0.221. The van der Waals surface area contributed by atoms with E-state index in [1.165, 1.54) is 0 Å². The van der Waals surface area contributed by atoms with Crippen LogP contribution in [-0.2, 0) is 6.42 Å². The Balaban J connectivity index is 2.00. The van der Waals surface area contributed by atoms with Crippen LogP contribution in [0.25, 0.3) is 0 Å². The van der Waals surface area contributed by atoms with Crippen molar-refractivity contribution in [2.45, 2.75) is 18.5 Å². The lowest BCUT2D eigenvalue weighted by molar-refractivity contribution is 0.0973. The summed E-state index contributed by atoms with van der Waals surface area (Å²) in [6.45, 7) is 3.22. The van der Waals surface area contributed by atoms with E-state index in [0.29, 0.717) is 11.9 Å². The van der Waals surface area contributed by atoms with Crippen LogP contribution >= 0.6 is 0 Å². The highest BCUT2D eigenvalue weighted by Crippen LogP contribution is 2.13.